The number of ether oxygens (including phenoxy) is 1. The van der Waals surface area contributed by atoms with Crippen LogP contribution in [0.25, 0.3) is 5.82 Å². The maximum atomic E-state index is 12.8. The number of piperidine rings is 1. The number of benzene rings is 1. The Morgan fingerprint density at radius 3 is 2.74 bits per heavy atom. The summed E-state index contributed by atoms with van der Waals surface area (Å²) >= 11 is 0. The molecule has 182 valence electrons. The van der Waals surface area contributed by atoms with Crippen molar-refractivity contribution >= 4 is 11.9 Å². The Hall–Kier alpha value is -3.77. The molecular formula is C23H26N8O4. The molecule has 2 aliphatic rings. The molecule has 1 unspecified atom stereocenters. The molecule has 35 heavy (non-hydrogen) atoms. The second kappa shape index (κ2) is 9.12. The molecule has 4 heterocycles. The summed E-state index contributed by atoms with van der Waals surface area (Å²) in [4.78, 5) is 35.1. The van der Waals surface area contributed by atoms with E-state index in [2.05, 4.69) is 35.7 Å². The molecule has 0 radical (unpaired) electrons. The average Bonchev–Trinajstić information content (AvgIpc) is 3.52. The molecular weight excluding hydrogens is 452 g/mol. The number of β-amino-alcohol motifs (C(OH)–C–C–N with tert-alkyl or cyclic N) is 1. The summed E-state index contributed by atoms with van der Waals surface area (Å²) in [6.07, 6.45) is 5.03. The molecule has 2 N–H and O–H groups in total. The highest BCUT2D eigenvalue weighted by atomic mass is 16.5. The molecule has 1 atom stereocenters. The molecule has 0 aliphatic carbocycles. The number of carbonyl (C=O) groups excluding carboxylic acids is 2. The maximum Gasteiger partial charge on any atom is 0.338 e. The maximum absolute atomic E-state index is 12.8. The van der Waals surface area contributed by atoms with E-state index in [-0.39, 0.29) is 24.2 Å². The average molecular weight is 479 g/mol. The van der Waals surface area contributed by atoms with Crippen molar-refractivity contribution in [2.24, 2.45) is 0 Å². The normalized spacial score (nSPS) is 18.1. The van der Waals surface area contributed by atoms with E-state index < -0.39 is 11.6 Å². The Labute approximate surface area is 201 Å². The lowest BCUT2D eigenvalue weighted by atomic mass is 9.88. The first-order valence-corrected chi connectivity index (χ1v) is 11.4. The lowest BCUT2D eigenvalue weighted by Gasteiger charge is -2.40. The summed E-state index contributed by atoms with van der Waals surface area (Å²) in [5.74, 6) is -0.180. The topological polar surface area (TPSA) is 148 Å². The van der Waals surface area contributed by atoms with Crippen LogP contribution in [0.2, 0.25) is 0 Å². The Morgan fingerprint density at radius 2 is 2.06 bits per heavy atom. The summed E-state index contributed by atoms with van der Waals surface area (Å²) in [5.41, 5.74) is 2.98. The van der Waals surface area contributed by atoms with E-state index in [0.717, 1.165) is 42.6 Å². The van der Waals surface area contributed by atoms with Crippen LogP contribution in [0.1, 0.15) is 63.4 Å². The van der Waals surface area contributed by atoms with Crippen LogP contribution in [0.4, 0.5) is 0 Å². The van der Waals surface area contributed by atoms with Gasteiger partial charge in [-0.2, -0.15) is 4.68 Å². The van der Waals surface area contributed by atoms with E-state index in [1.54, 1.807) is 6.07 Å². The van der Waals surface area contributed by atoms with Gasteiger partial charge in [-0.3, -0.25) is 4.79 Å². The van der Waals surface area contributed by atoms with Gasteiger partial charge in [0.2, 0.25) is 0 Å². The van der Waals surface area contributed by atoms with Crippen LogP contribution >= 0.6 is 0 Å². The van der Waals surface area contributed by atoms with Crippen molar-refractivity contribution < 1.29 is 19.4 Å². The number of esters is 1. The van der Waals surface area contributed by atoms with Gasteiger partial charge in [-0.25, -0.2) is 14.8 Å². The van der Waals surface area contributed by atoms with Crippen LogP contribution in [0.3, 0.4) is 0 Å². The molecule has 1 amide bonds. The lowest BCUT2D eigenvalue weighted by molar-refractivity contribution is 0.0534. The van der Waals surface area contributed by atoms with Crippen molar-refractivity contribution in [3.8, 4) is 5.82 Å². The van der Waals surface area contributed by atoms with Gasteiger partial charge in [-0.15, -0.1) is 5.10 Å². The zero-order chi connectivity index (χ0) is 24.6. The summed E-state index contributed by atoms with van der Waals surface area (Å²) in [6.45, 7) is 6.12. The van der Waals surface area contributed by atoms with E-state index >= 15 is 0 Å². The molecule has 3 aromatic rings. The third-order valence-electron chi connectivity index (χ3n) is 6.83. The number of tetrazole rings is 1. The van der Waals surface area contributed by atoms with Gasteiger partial charge in [0.05, 0.1) is 24.1 Å². The number of nitrogens with zero attached hydrogens (tertiary/aromatic N) is 7. The van der Waals surface area contributed by atoms with Crippen molar-refractivity contribution in [1.29, 1.82) is 0 Å². The predicted molar refractivity (Wildman–Crippen MR) is 122 cm³/mol. The number of aliphatic hydroxyl groups is 1. The number of likely N-dealkylation sites (tertiary alicyclic amines) is 1. The first kappa shape index (κ1) is 23.0. The molecule has 2 aliphatic heterocycles. The van der Waals surface area contributed by atoms with Crippen molar-refractivity contribution in [2.75, 3.05) is 19.6 Å². The number of hydrogen-bond acceptors (Lipinski definition) is 10. The number of aromatic nitrogens is 6. The van der Waals surface area contributed by atoms with Crippen LogP contribution in [0, 0.1) is 6.92 Å². The van der Waals surface area contributed by atoms with Gasteiger partial charge in [-0.1, -0.05) is 6.07 Å². The van der Waals surface area contributed by atoms with Gasteiger partial charge in [0.1, 0.15) is 18.6 Å². The zero-order valence-corrected chi connectivity index (χ0v) is 19.5. The Bertz CT molecular complexity index is 1240. The number of nitrogens with one attached hydrogen (secondary N) is 1. The predicted octanol–water partition coefficient (Wildman–Crippen LogP) is 0.749. The smallest absolute Gasteiger partial charge is 0.338 e. The van der Waals surface area contributed by atoms with E-state index in [9.17, 15) is 14.7 Å². The van der Waals surface area contributed by atoms with Crippen LogP contribution in [-0.2, 0) is 11.3 Å². The van der Waals surface area contributed by atoms with Crippen molar-refractivity contribution in [1.82, 2.24) is 40.4 Å². The van der Waals surface area contributed by atoms with Gasteiger partial charge in [0, 0.05) is 30.7 Å². The first-order valence-electron chi connectivity index (χ1n) is 11.4. The number of aliphatic hydroxyl groups excluding tert-OH is 1. The highest BCUT2D eigenvalue weighted by Crippen LogP contribution is 2.30. The van der Waals surface area contributed by atoms with E-state index in [4.69, 9.17) is 4.74 Å². The Balaban J connectivity index is 1.16. The number of hydrogen-bond donors (Lipinski definition) is 2. The number of carbonyl (C=O) groups is 2. The fraction of sp³-hybridized carbons (Fsp3) is 0.435. The molecule has 12 nitrogen and oxygen atoms in total. The Kier molecular flexibility index (Phi) is 5.99. The molecule has 1 saturated heterocycles. The van der Waals surface area contributed by atoms with Gasteiger partial charge in [-0.05, 0) is 54.3 Å². The zero-order valence-electron chi connectivity index (χ0n) is 19.5. The van der Waals surface area contributed by atoms with Crippen LogP contribution in [0.5, 0.6) is 0 Å². The summed E-state index contributed by atoms with van der Waals surface area (Å²) < 4.78 is 6.47. The van der Waals surface area contributed by atoms with Crippen molar-refractivity contribution in [3.63, 3.8) is 0 Å². The number of amides is 1. The van der Waals surface area contributed by atoms with Gasteiger partial charge >= 0.3 is 5.97 Å². The molecule has 1 aromatic carbocycles. The lowest BCUT2D eigenvalue weighted by Crippen LogP contribution is -2.54. The SMILES string of the molecule is Cc1c(C(O)CN2CCC(C)(NC(=O)c3cnc(-n4cnnn4)cn3)CC2)ccc2c1COC2=O. The third kappa shape index (κ3) is 4.62. The summed E-state index contributed by atoms with van der Waals surface area (Å²) in [6, 6.07) is 3.54. The molecule has 5 rings (SSSR count). The van der Waals surface area contributed by atoms with Gasteiger partial charge in [0.15, 0.2) is 5.82 Å². The highest BCUT2D eigenvalue weighted by Gasteiger charge is 2.33. The monoisotopic (exact) mass is 478 g/mol. The van der Waals surface area contributed by atoms with Crippen LogP contribution < -0.4 is 5.32 Å². The largest absolute Gasteiger partial charge is 0.457 e. The second-order valence-electron chi connectivity index (χ2n) is 9.23. The summed E-state index contributed by atoms with van der Waals surface area (Å²) in [5, 5.41) is 24.8. The quantitative estimate of drug-likeness (QED) is 0.486. The molecule has 12 heteroatoms. The van der Waals surface area contributed by atoms with E-state index in [1.807, 2.05) is 19.9 Å². The number of rotatable bonds is 6. The third-order valence-corrected chi connectivity index (χ3v) is 6.83. The second-order valence-corrected chi connectivity index (χ2v) is 9.23. The summed E-state index contributed by atoms with van der Waals surface area (Å²) in [7, 11) is 0. The van der Waals surface area contributed by atoms with Crippen molar-refractivity contribution in [2.45, 2.75) is 44.9 Å². The molecule has 0 saturated carbocycles. The fourth-order valence-electron chi connectivity index (χ4n) is 4.59. The van der Waals surface area contributed by atoms with E-state index in [0.29, 0.717) is 17.9 Å². The number of fused-ring (bicyclic) bond motifs is 1. The van der Waals surface area contributed by atoms with Gasteiger partial charge < -0.3 is 20.1 Å². The fourth-order valence-corrected chi connectivity index (χ4v) is 4.59. The number of cyclic esters (lactones) is 1. The Morgan fingerprint density at radius 1 is 1.26 bits per heavy atom. The van der Waals surface area contributed by atoms with Crippen molar-refractivity contribution in [3.05, 3.63) is 58.8 Å². The van der Waals surface area contributed by atoms with Crippen LogP contribution in [0.15, 0.2) is 30.9 Å². The molecule has 1 fully saturated rings. The molecule has 0 bridgehead atoms. The minimum Gasteiger partial charge on any atom is -0.457 e. The van der Waals surface area contributed by atoms with E-state index in [1.165, 1.54) is 23.4 Å². The van der Waals surface area contributed by atoms with Crippen LogP contribution in [-0.4, -0.2) is 77.2 Å². The standard InChI is InChI=1S/C23H26N8O4/c1-14-15(3-4-16-17(14)12-35-22(16)34)19(32)11-30-7-5-23(2,6-8-30)27-21(33)18-9-25-20(10-24-18)31-13-26-28-29-31/h3-4,9-10,13,19,32H,5-8,11-12H2,1-2H3,(H,27,33). The first-order chi connectivity index (χ1) is 16.8. The minimum absolute atomic E-state index is 0.218. The molecule has 2 aromatic heterocycles. The highest BCUT2D eigenvalue weighted by molar-refractivity contribution is 5.94. The molecule has 0 spiro atoms. The minimum atomic E-state index is -0.677. The van der Waals surface area contributed by atoms with Gasteiger partial charge in [0.25, 0.3) is 5.91 Å².